The molecule has 1 aromatic carbocycles. The maximum absolute atomic E-state index is 10.7. The van der Waals surface area contributed by atoms with Gasteiger partial charge in [0.25, 0.3) is 5.69 Å². The Morgan fingerprint density at radius 2 is 2.15 bits per heavy atom. The third-order valence-electron chi connectivity index (χ3n) is 3.39. The fraction of sp³-hybridized carbons (Fsp3) is 0.385. The monoisotopic (exact) mass is 273 g/mol. The molecule has 0 radical (unpaired) electrons. The number of nitro benzene ring substituents is 1. The lowest BCUT2D eigenvalue weighted by atomic mass is 10.2. The molecule has 0 spiro atoms. The highest BCUT2D eigenvalue weighted by atomic mass is 16.6. The summed E-state index contributed by atoms with van der Waals surface area (Å²) in [5.74, 6) is 0.829. The van der Waals surface area contributed by atoms with Crippen LogP contribution in [0.2, 0.25) is 0 Å². The van der Waals surface area contributed by atoms with Crippen LogP contribution in [0.4, 0.5) is 11.5 Å². The fourth-order valence-corrected chi connectivity index (χ4v) is 2.33. The Labute approximate surface area is 115 Å². The van der Waals surface area contributed by atoms with Crippen LogP contribution in [0.15, 0.2) is 24.4 Å². The number of fused-ring (bicyclic) bond motifs is 1. The number of non-ortho nitro benzene ring substituents is 1. The number of hydrogen-bond acceptors (Lipinski definition) is 6. The van der Waals surface area contributed by atoms with Crippen molar-refractivity contribution in [3.05, 3.63) is 34.5 Å². The molecular weight excluding hydrogens is 258 g/mol. The van der Waals surface area contributed by atoms with Gasteiger partial charge in [-0.3, -0.25) is 15.1 Å². The summed E-state index contributed by atoms with van der Waals surface area (Å²) in [5.41, 5.74) is 1.28. The largest absolute Gasteiger partial charge is 0.354 e. The van der Waals surface area contributed by atoms with E-state index in [4.69, 9.17) is 0 Å². The second-order valence-electron chi connectivity index (χ2n) is 4.75. The van der Waals surface area contributed by atoms with Crippen molar-refractivity contribution < 1.29 is 4.92 Å². The van der Waals surface area contributed by atoms with E-state index in [9.17, 15) is 10.1 Å². The zero-order valence-corrected chi connectivity index (χ0v) is 11.0. The van der Waals surface area contributed by atoms with Crippen molar-refractivity contribution in [1.29, 1.82) is 0 Å². The number of nitrogens with zero attached hydrogens (tertiary/aromatic N) is 4. The summed E-state index contributed by atoms with van der Waals surface area (Å²) in [6, 6.07) is 4.57. The van der Waals surface area contributed by atoms with E-state index in [0.717, 1.165) is 38.4 Å². The molecule has 1 aliphatic rings. The highest BCUT2D eigenvalue weighted by Crippen LogP contribution is 2.20. The first-order valence-electron chi connectivity index (χ1n) is 6.61. The van der Waals surface area contributed by atoms with Crippen molar-refractivity contribution in [1.82, 2.24) is 15.3 Å². The number of anilines is 1. The third-order valence-corrected chi connectivity index (χ3v) is 3.39. The van der Waals surface area contributed by atoms with Crippen LogP contribution in [-0.2, 0) is 0 Å². The molecule has 2 heterocycles. The molecule has 2 aromatic rings. The molecule has 20 heavy (non-hydrogen) atoms. The number of aromatic nitrogens is 2. The minimum absolute atomic E-state index is 0.0403. The summed E-state index contributed by atoms with van der Waals surface area (Å²) in [6.45, 7) is 3.79. The van der Waals surface area contributed by atoms with Crippen LogP contribution in [0.1, 0.15) is 6.42 Å². The van der Waals surface area contributed by atoms with Crippen LogP contribution in [-0.4, -0.2) is 41.1 Å². The van der Waals surface area contributed by atoms with Crippen molar-refractivity contribution >= 4 is 22.5 Å². The average molecular weight is 273 g/mol. The zero-order valence-electron chi connectivity index (χ0n) is 11.0. The van der Waals surface area contributed by atoms with Gasteiger partial charge in [-0.1, -0.05) is 0 Å². The molecule has 1 aliphatic heterocycles. The van der Waals surface area contributed by atoms with Crippen LogP contribution in [0, 0.1) is 10.1 Å². The molecule has 0 saturated carbocycles. The van der Waals surface area contributed by atoms with Gasteiger partial charge >= 0.3 is 0 Å². The summed E-state index contributed by atoms with van der Waals surface area (Å²) in [4.78, 5) is 21.4. The van der Waals surface area contributed by atoms with Crippen molar-refractivity contribution in [3.63, 3.8) is 0 Å². The minimum Gasteiger partial charge on any atom is -0.354 e. The molecule has 0 bridgehead atoms. The quantitative estimate of drug-likeness (QED) is 0.656. The van der Waals surface area contributed by atoms with Crippen LogP contribution in [0.5, 0.6) is 0 Å². The van der Waals surface area contributed by atoms with Gasteiger partial charge in [-0.05, 0) is 19.0 Å². The molecule has 0 unspecified atom stereocenters. The summed E-state index contributed by atoms with van der Waals surface area (Å²) < 4.78 is 0. The minimum atomic E-state index is -0.421. The van der Waals surface area contributed by atoms with Crippen LogP contribution < -0.4 is 10.2 Å². The topological polar surface area (TPSA) is 84.2 Å². The van der Waals surface area contributed by atoms with Gasteiger partial charge in [0.1, 0.15) is 5.82 Å². The first-order chi connectivity index (χ1) is 9.74. The Hall–Kier alpha value is -2.28. The van der Waals surface area contributed by atoms with Crippen LogP contribution in [0.3, 0.4) is 0 Å². The van der Waals surface area contributed by atoms with Crippen LogP contribution >= 0.6 is 0 Å². The normalized spacial score (nSPS) is 16.1. The molecule has 1 N–H and O–H groups in total. The number of rotatable bonds is 2. The average Bonchev–Trinajstić information content (AvgIpc) is 2.75. The lowest BCUT2D eigenvalue weighted by Crippen LogP contribution is -2.28. The van der Waals surface area contributed by atoms with Gasteiger partial charge in [-0.15, -0.1) is 0 Å². The van der Waals surface area contributed by atoms with E-state index in [-0.39, 0.29) is 5.69 Å². The van der Waals surface area contributed by atoms with Gasteiger partial charge in [0, 0.05) is 31.8 Å². The highest BCUT2D eigenvalue weighted by molar-refractivity contribution is 5.78. The van der Waals surface area contributed by atoms with Gasteiger partial charge in [0.2, 0.25) is 0 Å². The zero-order chi connectivity index (χ0) is 13.9. The molecule has 0 amide bonds. The van der Waals surface area contributed by atoms with Gasteiger partial charge in [-0.25, -0.2) is 4.98 Å². The number of nitro groups is 1. The second kappa shape index (κ2) is 5.38. The molecule has 3 rings (SSSR count). The molecular formula is C13H15N5O2. The fourth-order valence-electron chi connectivity index (χ4n) is 2.33. The van der Waals surface area contributed by atoms with Crippen molar-refractivity contribution in [2.45, 2.75) is 6.42 Å². The van der Waals surface area contributed by atoms with E-state index in [1.807, 2.05) is 0 Å². The molecule has 1 fully saturated rings. The van der Waals surface area contributed by atoms with E-state index in [1.54, 1.807) is 12.3 Å². The summed E-state index contributed by atoms with van der Waals surface area (Å²) in [7, 11) is 0. The summed E-state index contributed by atoms with van der Waals surface area (Å²) in [5, 5.41) is 14.1. The summed E-state index contributed by atoms with van der Waals surface area (Å²) >= 11 is 0. The molecule has 1 aromatic heterocycles. The first-order valence-corrected chi connectivity index (χ1v) is 6.61. The first kappa shape index (κ1) is 12.7. The number of hydrogen-bond donors (Lipinski definition) is 1. The lowest BCUT2D eigenvalue weighted by Gasteiger charge is -2.20. The number of nitrogens with one attached hydrogen (secondary N) is 1. The van der Waals surface area contributed by atoms with E-state index >= 15 is 0 Å². The van der Waals surface area contributed by atoms with E-state index < -0.39 is 4.92 Å². The smallest absolute Gasteiger partial charge is 0.271 e. The van der Waals surface area contributed by atoms with Gasteiger partial charge in [-0.2, -0.15) is 0 Å². The maximum Gasteiger partial charge on any atom is 0.271 e. The standard InChI is InChI=1S/C13H15N5O2/c19-18(20)10-2-3-11-12(8-10)15-9-13(16-11)17-6-1-4-14-5-7-17/h2-3,8-9,14H,1,4-7H2. The van der Waals surface area contributed by atoms with E-state index in [2.05, 4.69) is 20.2 Å². The number of benzene rings is 1. The molecule has 104 valence electrons. The van der Waals surface area contributed by atoms with Gasteiger partial charge in [0.15, 0.2) is 0 Å². The predicted octanol–water partition coefficient (Wildman–Crippen LogP) is 1.34. The molecule has 0 atom stereocenters. The second-order valence-corrected chi connectivity index (χ2v) is 4.75. The molecule has 0 aliphatic carbocycles. The SMILES string of the molecule is O=[N+]([O-])c1ccc2nc(N3CCCNCC3)cnc2c1. The Balaban J connectivity index is 1.94. The van der Waals surface area contributed by atoms with Crippen molar-refractivity contribution in [2.24, 2.45) is 0 Å². The van der Waals surface area contributed by atoms with Crippen molar-refractivity contribution in [3.8, 4) is 0 Å². The maximum atomic E-state index is 10.7. The van der Waals surface area contributed by atoms with Crippen molar-refractivity contribution in [2.75, 3.05) is 31.1 Å². The Morgan fingerprint density at radius 1 is 1.25 bits per heavy atom. The predicted molar refractivity (Wildman–Crippen MR) is 75.9 cm³/mol. The van der Waals surface area contributed by atoms with E-state index in [1.165, 1.54) is 12.1 Å². The Morgan fingerprint density at radius 3 is 3.00 bits per heavy atom. The summed E-state index contributed by atoms with van der Waals surface area (Å²) in [6.07, 6.45) is 2.76. The molecule has 1 saturated heterocycles. The Bertz CT molecular complexity index is 638. The molecule has 7 nitrogen and oxygen atoms in total. The van der Waals surface area contributed by atoms with Gasteiger partial charge < -0.3 is 10.2 Å². The van der Waals surface area contributed by atoms with E-state index in [0.29, 0.717) is 11.0 Å². The van der Waals surface area contributed by atoms with Crippen LogP contribution in [0.25, 0.3) is 11.0 Å². The lowest BCUT2D eigenvalue weighted by molar-refractivity contribution is -0.384. The van der Waals surface area contributed by atoms with Gasteiger partial charge in [0.05, 0.1) is 22.2 Å². The Kier molecular flexibility index (Phi) is 3.42. The molecule has 7 heteroatoms. The highest BCUT2D eigenvalue weighted by Gasteiger charge is 2.13. The third kappa shape index (κ3) is 2.53.